The number of likely N-dealkylation sites (tertiary alicyclic amines) is 1. The zero-order chi connectivity index (χ0) is 18.2. The fraction of sp³-hybridized carbons (Fsp3) is 0.556. The molecule has 138 valence electrons. The lowest BCUT2D eigenvalue weighted by molar-refractivity contribution is -0.149. The maximum absolute atomic E-state index is 12.3. The number of carbonyl (C=O) groups is 2. The van der Waals surface area contributed by atoms with Crippen molar-refractivity contribution in [3.63, 3.8) is 0 Å². The molecular weight excluding hydrogens is 324 g/mol. The first-order valence-corrected chi connectivity index (χ1v) is 8.48. The lowest BCUT2D eigenvalue weighted by Crippen LogP contribution is -2.41. The monoisotopic (exact) mass is 350 g/mol. The van der Waals surface area contributed by atoms with E-state index < -0.39 is 0 Å². The number of piperidine rings is 1. The summed E-state index contributed by atoms with van der Waals surface area (Å²) in [6.07, 6.45) is 1.43. The van der Waals surface area contributed by atoms with E-state index in [0.29, 0.717) is 49.7 Å². The average Bonchev–Trinajstić information content (AvgIpc) is 2.62. The highest BCUT2D eigenvalue weighted by Gasteiger charge is 2.26. The normalized spacial score (nSPS) is 15.5. The summed E-state index contributed by atoms with van der Waals surface area (Å²) in [5.41, 5.74) is 0.577. The Bertz CT molecular complexity index is 597. The van der Waals surface area contributed by atoms with Gasteiger partial charge in [0, 0.05) is 6.07 Å². The molecule has 25 heavy (non-hydrogen) atoms. The zero-order valence-electron chi connectivity index (χ0n) is 15.0. The van der Waals surface area contributed by atoms with Gasteiger partial charge in [-0.2, -0.15) is 0 Å². The number of esters is 1. The standard InChI is InChI=1S/C18H26N2O5/c1-4-25-18(22)13-7-9-20(10-8-13)12-17(21)19-15-11-14(23-2)5-6-16(15)24-3/h5-6,11,13H,4,7-10,12H2,1-3H3,(H,19,21). The highest BCUT2D eigenvalue weighted by atomic mass is 16.5. The Morgan fingerprint density at radius 2 is 1.92 bits per heavy atom. The van der Waals surface area contributed by atoms with Crippen LogP contribution in [-0.4, -0.2) is 57.2 Å². The second-order valence-electron chi connectivity index (χ2n) is 5.92. The van der Waals surface area contributed by atoms with E-state index in [1.54, 1.807) is 32.4 Å². The number of ether oxygens (including phenoxy) is 3. The fourth-order valence-electron chi connectivity index (χ4n) is 2.89. The molecule has 1 aromatic rings. The molecule has 0 unspecified atom stereocenters. The number of amides is 1. The number of nitrogens with one attached hydrogen (secondary N) is 1. The van der Waals surface area contributed by atoms with Gasteiger partial charge in [0.1, 0.15) is 11.5 Å². The number of carbonyl (C=O) groups excluding carboxylic acids is 2. The van der Waals surface area contributed by atoms with Crippen LogP contribution in [0.5, 0.6) is 11.5 Å². The molecule has 1 amide bonds. The van der Waals surface area contributed by atoms with E-state index >= 15 is 0 Å². The van der Waals surface area contributed by atoms with Crippen molar-refractivity contribution < 1.29 is 23.8 Å². The van der Waals surface area contributed by atoms with Crippen molar-refractivity contribution in [2.45, 2.75) is 19.8 Å². The zero-order valence-corrected chi connectivity index (χ0v) is 15.0. The minimum Gasteiger partial charge on any atom is -0.497 e. The second kappa shape index (κ2) is 9.27. The molecule has 7 heteroatoms. The summed E-state index contributed by atoms with van der Waals surface area (Å²) >= 11 is 0. The number of hydrogen-bond acceptors (Lipinski definition) is 6. The van der Waals surface area contributed by atoms with Gasteiger partial charge in [-0.05, 0) is 45.0 Å². The van der Waals surface area contributed by atoms with Crippen molar-refractivity contribution in [1.82, 2.24) is 4.90 Å². The van der Waals surface area contributed by atoms with Crippen LogP contribution in [0.1, 0.15) is 19.8 Å². The third-order valence-electron chi connectivity index (χ3n) is 4.26. The van der Waals surface area contributed by atoms with Crippen molar-refractivity contribution in [1.29, 1.82) is 0 Å². The largest absolute Gasteiger partial charge is 0.497 e. The molecule has 1 heterocycles. The first-order valence-electron chi connectivity index (χ1n) is 8.48. The van der Waals surface area contributed by atoms with Crippen LogP contribution in [0.3, 0.4) is 0 Å². The Labute approximate surface area is 148 Å². The summed E-state index contributed by atoms with van der Waals surface area (Å²) in [5, 5.41) is 2.86. The molecule has 7 nitrogen and oxygen atoms in total. The average molecular weight is 350 g/mol. The minimum absolute atomic E-state index is 0.0576. The van der Waals surface area contributed by atoms with E-state index in [9.17, 15) is 9.59 Å². The first-order chi connectivity index (χ1) is 12.1. The smallest absolute Gasteiger partial charge is 0.309 e. The van der Waals surface area contributed by atoms with Gasteiger partial charge in [0.2, 0.25) is 5.91 Å². The second-order valence-corrected chi connectivity index (χ2v) is 5.92. The van der Waals surface area contributed by atoms with Crippen molar-refractivity contribution >= 4 is 17.6 Å². The summed E-state index contributed by atoms with van der Waals surface area (Å²) in [6.45, 7) is 3.89. The highest BCUT2D eigenvalue weighted by molar-refractivity contribution is 5.94. The molecule has 0 spiro atoms. The fourth-order valence-corrected chi connectivity index (χ4v) is 2.89. The number of nitrogens with zero attached hydrogens (tertiary/aromatic N) is 1. The van der Waals surface area contributed by atoms with E-state index in [2.05, 4.69) is 5.32 Å². The predicted molar refractivity (Wildman–Crippen MR) is 94.0 cm³/mol. The molecule has 0 saturated carbocycles. The lowest BCUT2D eigenvalue weighted by atomic mass is 9.97. The van der Waals surface area contributed by atoms with E-state index in [0.717, 1.165) is 0 Å². The summed E-state index contributed by atoms with van der Waals surface area (Å²) < 4.78 is 15.5. The third kappa shape index (κ3) is 5.35. The summed E-state index contributed by atoms with van der Waals surface area (Å²) in [6, 6.07) is 5.25. The Hall–Kier alpha value is -2.28. The van der Waals surface area contributed by atoms with Gasteiger partial charge in [0.25, 0.3) is 0 Å². The van der Waals surface area contributed by atoms with Gasteiger partial charge in [-0.3, -0.25) is 14.5 Å². The predicted octanol–water partition coefficient (Wildman–Crippen LogP) is 1.92. The molecule has 0 aliphatic carbocycles. The maximum atomic E-state index is 12.3. The van der Waals surface area contributed by atoms with Gasteiger partial charge in [-0.25, -0.2) is 0 Å². The minimum atomic E-state index is -0.132. The van der Waals surface area contributed by atoms with Crippen LogP contribution in [0.2, 0.25) is 0 Å². The van der Waals surface area contributed by atoms with Gasteiger partial charge in [0.05, 0.1) is 39.0 Å². The quantitative estimate of drug-likeness (QED) is 0.757. The molecule has 1 fully saturated rings. The molecule has 0 bridgehead atoms. The molecule has 0 radical (unpaired) electrons. The van der Waals surface area contributed by atoms with Crippen LogP contribution in [0.4, 0.5) is 5.69 Å². The van der Waals surface area contributed by atoms with Gasteiger partial charge in [-0.15, -0.1) is 0 Å². The van der Waals surface area contributed by atoms with Gasteiger partial charge in [0.15, 0.2) is 0 Å². The SMILES string of the molecule is CCOC(=O)C1CCN(CC(=O)Nc2cc(OC)ccc2OC)CC1. The molecule has 0 aromatic heterocycles. The summed E-state index contributed by atoms with van der Waals surface area (Å²) in [4.78, 5) is 26.1. The van der Waals surface area contributed by atoms with E-state index in [-0.39, 0.29) is 24.3 Å². The number of rotatable bonds is 7. The third-order valence-corrected chi connectivity index (χ3v) is 4.26. The molecule has 1 aliphatic heterocycles. The Morgan fingerprint density at radius 3 is 2.52 bits per heavy atom. The van der Waals surface area contributed by atoms with Gasteiger partial charge >= 0.3 is 5.97 Å². The Morgan fingerprint density at radius 1 is 1.20 bits per heavy atom. The maximum Gasteiger partial charge on any atom is 0.309 e. The topological polar surface area (TPSA) is 77.1 Å². The summed E-state index contributed by atoms with van der Waals surface area (Å²) in [5.74, 6) is 0.910. The molecule has 0 atom stereocenters. The number of hydrogen-bond donors (Lipinski definition) is 1. The molecule has 1 N–H and O–H groups in total. The first kappa shape index (κ1) is 19.1. The van der Waals surface area contributed by atoms with Crippen LogP contribution in [0.15, 0.2) is 18.2 Å². The van der Waals surface area contributed by atoms with E-state index in [1.165, 1.54) is 0 Å². The number of benzene rings is 1. The van der Waals surface area contributed by atoms with Crippen molar-refractivity contribution in [2.75, 3.05) is 45.8 Å². The Balaban J connectivity index is 1.86. The van der Waals surface area contributed by atoms with Crippen LogP contribution in [-0.2, 0) is 14.3 Å². The highest BCUT2D eigenvalue weighted by Crippen LogP contribution is 2.29. The molecule has 1 aromatic carbocycles. The summed E-state index contributed by atoms with van der Waals surface area (Å²) in [7, 11) is 3.12. The molecule has 2 rings (SSSR count). The number of anilines is 1. The van der Waals surface area contributed by atoms with Gasteiger partial charge in [-0.1, -0.05) is 0 Å². The van der Waals surface area contributed by atoms with Crippen LogP contribution < -0.4 is 14.8 Å². The van der Waals surface area contributed by atoms with Crippen molar-refractivity contribution in [2.24, 2.45) is 5.92 Å². The lowest BCUT2D eigenvalue weighted by Gasteiger charge is -2.30. The number of methoxy groups -OCH3 is 2. The van der Waals surface area contributed by atoms with Crippen LogP contribution >= 0.6 is 0 Å². The Kier molecular flexibility index (Phi) is 7.06. The van der Waals surface area contributed by atoms with Crippen LogP contribution in [0, 0.1) is 5.92 Å². The van der Waals surface area contributed by atoms with Crippen LogP contribution in [0.25, 0.3) is 0 Å². The van der Waals surface area contributed by atoms with Crippen molar-refractivity contribution in [3.8, 4) is 11.5 Å². The van der Waals surface area contributed by atoms with E-state index in [1.807, 2.05) is 11.8 Å². The van der Waals surface area contributed by atoms with E-state index in [4.69, 9.17) is 14.2 Å². The molecule has 1 aliphatic rings. The molecular formula is C18H26N2O5. The van der Waals surface area contributed by atoms with Gasteiger partial charge < -0.3 is 19.5 Å². The molecule has 1 saturated heterocycles. The van der Waals surface area contributed by atoms with Crippen molar-refractivity contribution in [3.05, 3.63) is 18.2 Å².